The van der Waals surface area contributed by atoms with Gasteiger partial charge in [-0.3, -0.25) is 9.59 Å². The molecule has 3 heterocycles. The lowest BCUT2D eigenvalue weighted by molar-refractivity contribution is -0.149. The van der Waals surface area contributed by atoms with E-state index >= 15 is 0 Å². The number of methoxy groups -OCH3 is 1. The van der Waals surface area contributed by atoms with Crippen LogP contribution >= 0.6 is 0 Å². The standard InChI is InChI=1S/C26H34N4O4/c1-4-34-26(32)20-9-7-14-29(17-20)25(31)22-16-27-23(19-10-12-21(33-3)13-11-19)28-24(22)30-15-6-5-8-18(30)2/h10-13,16,18,20H,4-9,14-15,17H2,1-3H3/t18-,20+/m1/s1. The Bertz CT molecular complexity index is 1010. The van der Waals surface area contributed by atoms with Gasteiger partial charge in [0.15, 0.2) is 5.82 Å². The third-order valence-electron chi connectivity index (χ3n) is 6.75. The highest BCUT2D eigenvalue weighted by Crippen LogP contribution is 2.30. The summed E-state index contributed by atoms with van der Waals surface area (Å²) in [5.74, 6) is 1.39. The number of amides is 1. The minimum atomic E-state index is -0.283. The number of nitrogens with zero attached hydrogens (tertiary/aromatic N) is 4. The number of rotatable bonds is 6. The fraction of sp³-hybridized carbons (Fsp3) is 0.538. The van der Waals surface area contributed by atoms with Gasteiger partial charge in [-0.2, -0.15) is 0 Å². The molecule has 0 unspecified atom stereocenters. The molecule has 1 aromatic carbocycles. The molecule has 2 fully saturated rings. The summed E-state index contributed by atoms with van der Waals surface area (Å²) in [6, 6.07) is 7.89. The van der Waals surface area contributed by atoms with E-state index < -0.39 is 0 Å². The zero-order valence-electron chi connectivity index (χ0n) is 20.3. The number of benzene rings is 1. The molecule has 1 aromatic heterocycles. The predicted molar refractivity (Wildman–Crippen MR) is 130 cm³/mol. The number of likely N-dealkylation sites (tertiary alicyclic amines) is 1. The molecule has 2 saturated heterocycles. The monoisotopic (exact) mass is 466 g/mol. The Hall–Kier alpha value is -3.16. The Labute approximate surface area is 201 Å². The zero-order chi connectivity index (χ0) is 24.1. The third-order valence-corrected chi connectivity index (χ3v) is 6.75. The Morgan fingerprint density at radius 2 is 1.88 bits per heavy atom. The van der Waals surface area contributed by atoms with E-state index in [9.17, 15) is 9.59 Å². The molecule has 2 aliphatic rings. The summed E-state index contributed by atoms with van der Waals surface area (Å²) >= 11 is 0. The van der Waals surface area contributed by atoms with Crippen LogP contribution in [0.5, 0.6) is 5.75 Å². The summed E-state index contributed by atoms with van der Waals surface area (Å²) in [4.78, 5) is 39.4. The second-order valence-electron chi connectivity index (χ2n) is 9.04. The second kappa shape index (κ2) is 10.8. The Kier molecular flexibility index (Phi) is 7.65. The summed E-state index contributed by atoms with van der Waals surface area (Å²) in [5.41, 5.74) is 1.36. The van der Waals surface area contributed by atoms with Gasteiger partial charge in [-0.05, 0) is 70.2 Å². The minimum Gasteiger partial charge on any atom is -0.497 e. The molecule has 4 rings (SSSR count). The van der Waals surface area contributed by atoms with Gasteiger partial charge < -0.3 is 19.3 Å². The maximum absolute atomic E-state index is 13.7. The fourth-order valence-electron chi connectivity index (χ4n) is 4.82. The van der Waals surface area contributed by atoms with Crippen molar-refractivity contribution in [3.05, 3.63) is 36.0 Å². The van der Waals surface area contributed by atoms with E-state index in [0.29, 0.717) is 36.9 Å². The first-order valence-electron chi connectivity index (χ1n) is 12.3. The largest absolute Gasteiger partial charge is 0.497 e. The maximum Gasteiger partial charge on any atom is 0.310 e. The zero-order valence-corrected chi connectivity index (χ0v) is 20.3. The molecule has 0 aliphatic carbocycles. The molecule has 0 bridgehead atoms. The van der Waals surface area contributed by atoms with Crippen LogP contribution in [0.3, 0.4) is 0 Å². The molecule has 182 valence electrons. The number of piperidine rings is 2. The van der Waals surface area contributed by atoms with E-state index in [2.05, 4.69) is 16.8 Å². The van der Waals surface area contributed by atoms with Crippen molar-refractivity contribution in [2.75, 3.05) is 38.3 Å². The number of anilines is 1. The Morgan fingerprint density at radius 1 is 1.09 bits per heavy atom. The van der Waals surface area contributed by atoms with Gasteiger partial charge in [0.25, 0.3) is 5.91 Å². The van der Waals surface area contributed by atoms with E-state index in [4.69, 9.17) is 14.5 Å². The van der Waals surface area contributed by atoms with Crippen LogP contribution in [0, 0.1) is 5.92 Å². The van der Waals surface area contributed by atoms with Crippen molar-refractivity contribution in [2.24, 2.45) is 5.92 Å². The first-order chi connectivity index (χ1) is 16.5. The number of hydrogen-bond acceptors (Lipinski definition) is 7. The fourth-order valence-corrected chi connectivity index (χ4v) is 4.82. The van der Waals surface area contributed by atoms with Crippen LogP contribution < -0.4 is 9.64 Å². The van der Waals surface area contributed by atoms with Crippen molar-refractivity contribution < 1.29 is 19.1 Å². The molecular formula is C26H34N4O4. The molecule has 1 amide bonds. The predicted octanol–water partition coefficient (Wildman–Crippen LogP) is 3.95. The van der Waals surface area contributed by atoms with Crippen molar-refractivity contribution >= 4 is 17.7 Å². The lowest BCUT2D eigenvalue weighted by atomic mass is 9.97. The van der Waals surface area contributed by atoms with Crippen LogP contribution in [0.25, 0.3) is 11.4 Å². The number of esters is 1. The number of ether oxygens (including phenoxy) is 2. The number of aromatic nitrogens is 2. The van der Waals surface area contributed by atoms with Gasteiger partial charge >= 0.3 is 5.97 Å². The SMILES string of the molecule is CCOC(=O)[C@H]1CCCN(C(=O)c2cnc(-c3ccc(OC)cc3)nc2N2CCCC[C@H]2C)C1. The topological polar surface area (TPSA) is 84.9 Å². The van der Waals surface area contributed by atoms with Gasteiger partial charge in [0.1, 0.15) is 17.1 Å². The van der Waals surface area contributed by atoms with Crippen LogP contribution in [0.4, 0.5) is 5.82 Å². The first-order valence-corrected chi connectivity index (χ1v) is 12.3. The molecule has 0 radical (unpaired) electrons. The van der Waals surface area contributed by atoms with Gasteiger partial charge in [-0.1, -0.05) is 0 Å². The average Bonchev–Trinajstić information content (AvgIpc) is 2.88. The van der Waals surface area contributed by atoms with Gasteiger partial charge in [-0.15, -0.1) is 0 Å². The van der Waals surface area contributed by atoms with Crippen molar-refractivity contribution in [3.63, 3.8) is 0 Å². The molecule has 34 heavy (non-hydrogen) atoms. The molecule has 2 atom stereocenters. The summed E-state index contributed by atoms with van der Waals surface area (Å²) < 4.78 is 10.5. The van der Waals surface area contributed by atoms with E-state index in [1.54, 1.807) is 25.1 Å². The molecule has 0 spiro atoms. The van der Waals surface area contributed by atoms with Crippen molar-refractivity contribution in [2.45, 2.75) is 52.0 Å². The highest BCUT2D eigenvalue weighted by atomic mass is 16.5. The molecule has 8 nitrogen and oxygen atoms in total. The van der Waals surface area contributed by atoms with Crippen LogP contribution in [-0.2, 0) is 9.53 Å². The third kappa shape index (κ3) is 5.16. The second-order valence-corrected chi connectivity index (χ2v) is 9.04. The average molecular weight is 467 g/mol. The van der Waals surface area contributed by atoms with Gasteiger partial charge in [-0.25, -0.2) is 9.97 Å². The molecule has 2 aromatic rings. The summed E-state index contributed by atoms with van der Waals surface area (Å²) in [5, 5.41) is 0. The van der Waals surface area contributed by atoms with Crippen molar-refractivity contribution in [1.82, 2.24) is 14.9 Å². The van der Waals surface area contributed by atoms with Crippen molar-refractivity contribution in [3.8, 4) is 17.1 Å². The van der Waals surface area contributed by atoms with Crippen LogP contribution in [0.1, 0.15) is 56.3 Å². The van der Waals surface area contributed by atoms with Crippen molar-refractivity contribution in [1.29, 1.82) is 0 Å². The van der Waals surface area contributed by atoms with E-state index in [1.165, 1.54) is 6.42 Å². The van der Waals surface area contributed by atoms with Gasteiger partial charge in [0.05, 0.1) is 19.6 Å². The lowest BCUT2D eigenvalue weighted by Gasteiger charge is -2.37. The first kappa shape index (κ1) is 24.0. The van der Waals surface area contributed by atoms with E-state index in [1.807, 2.05) is 24.3 Å². The lowest BCUT2D eigenvalue weighted by Crippen LogP contribution is -2.44. The minimum absolute atomic E-state index is 0.122. The highest BCUT2D eigenvalue weighted by Gasteiger charge is 2.33. The van der Waals surface area contributed by atoms with Crippen LogP contribution in [-0.4, -0.2) is 66.1 Å². The maximum atomic E-state index is 13.7. The van der Waals surface area contributed by atoms with Gasteiger partial charge in [0, 0.05) is 37.4 Å². The summed E-state index contributed by atoms with van der Waals surface area (Å²) in [6.45, 7) is 6.17. The summed E-state index contributed by atoms with van der Waals surface area (Å²) in [6.07, 6.45) is 6.46. The quantitative estimate of drug-likeness (QED) is 0.596. The Balaban J connectivity index is 1.66. The van der Waals surface area contributed by atoms with Crippen LogP contribution in [0.15, 0.2) is 30.5 Å². The molecule has 8 heteroatoms. The highest BCUT2D eigenvalue weighted by molar-refractivity contribution is 5.99. The van der Waals surface area contributed by atoms with E-state index in [0.717, 1.165) is 43.5 Å². The van der Waals surface area contributed by atoms with Gasteiger partial charge in [0.2, 0.25) is 0 Å². The molecule has 0 saturated carbocycles. The molecule has 0 N–H and O–H groups in total. The number of hydrogen-bond donors (Lipinski definition) is 0. The normalized spacial score (nSPS) is 20.7. The molecule has 2 aliphatic heterocycles. The van der Waals surface area contributed by atoms with E-state index in [-0.39, 0.29) is 23.8 Å². The number of carbonyl (C=O) groups excluding carboxylic acids is 2. The Morgan fingerprint density at radius 3 is 2.59 bits per heavy atom. The number of carbonyl (C=O) groups is 2. The molecular weight excluding hydrogens is 432 g/mol. The van der Waals surface area contributed by atoms with Crippen LogP contribution in [0.2, 0.25) is 0 Å². The summed E-state index contributed by atoms with van der Waals surface area (Å²) in [7, 11) is 1.63. The smallest absolute Gasteiger partial charge is 0.310 e.